The van der Waals surface area contributed by atoms with Gasteiger partial charge < -0.3 is 14.1 Å². The zero-order chi connectivity index (χ0) is 11.1. The van der Waals surface area contributed by atoms with E-state index in [1.54, 1.807) is 6.20 Å². The van der Waals surface area contributed by atoms with E-state index in [0.29, 0.717) is 4.67 Å². The molecule has 2 aromatic heterocycles. The number of rotatable bonds is 1. The Morgan fingerprint density at radius 3 is 3.12 bits per heavy atom. The largest absolute Gasteiger partial charge is 0.446 e. The van der Waals surface area contributed by atoms with Crippen LogP contribution in [0.1, 0.15) is 24.6 Å². The lowest BCUT2D eigenvalue weighted by Crippen LogP contribution is -2.15. The third-order valence-electron chi connectivity index (χ3n) is 2.88. The first-order chi connectivity index (χ1) is 7.75. The first-order valence-corrected chi connectivity index (χ1v) is 6.04. The summed E-state index contributed by atoms with van der Waals surface area (Å²) < 4.78 is 8.20. The van der Waals surface area contributed by atoms with E-state index in [2.05, 4.69) is 20.9 Å². The van der Waals surface area contributed by atoms with Crippen molar-refractivity contribution in [2.45, 2.75) is 25.5 Å². The summed E-state index contributed by atoms with van der Waals surface area (Å²) in [7, 11) is 0. The van der Waals surface area contributed by atoms with Crippen molar-refractivity contribution in [1.29, 1.82) is 0 Å². The predicted molar refractivity (Wildman–Crippen MR) is 61.8 cm³/mol. The van der Waals surface area contributed by atoms with Gasteiger partial charge >= 0.3 is 0 Å². The van der Waals surface area contributed by atoms with Crippen molar-refractivity contribution in [3.63, 3.8) is 0 Å². The van der Waals surface area contributed by atoms with Gasteiger partial charge in [0.1, 0.15) is 0 Å². The molecular weight excluding hydrogens is 272 g/mol. The smallest absolute Gasteiger partial charge is 0.176 e. The fraction of sp³-hybridized carbons (Fsp3) is 0.364. The summed E-state index contributed by atoms with van der Waals surface area (Å²) in [5, 5.41) is 9.83. The van der Waals surface area contributed by atoms with E-state index in [0.717, 1.165) is 36.7 Å². The number of aromatic nitrogens is 2. The molecule has 1 aliphatic heterocycles. The van der Waals surface area contributed by atoms with Gasteiger partial charge in [-0.15, -0.1) is 0 Å². The molecule has 0 aromatic carbocycles. The van der Waals surface area contributed by atoms with Crippen molar-refractivity contribution in [3.05, 3.63) is 28.7 Å². The summed E-state index contributed by atoms with van der Waals surface area (Å²) in [6.07, 6.45) is 3.12. The van der Waals surface area contributed by atoms with Gasteiger partial charge in [0, 0.05) is 6.54 Å². The Hall–Kier alpha value is -1.07. The Morgan fingerprint density at radius 1 is 1.50 bits per heavy atom. The van der Waals surface area contributed by atoms with Crippen molar-refractivity contribution < 1.29 is 9.52 Å². The summed E-state index contributed by atoms with van der Waals surface area (Å²) in [6, 6.07) is 3.72. The zero-order valence-corrected chi connectivity index (χ0v) is 10.1. The van der Waals surface area contributed by atoms with E-state index in [1.165, 1.54) is 0 Å². The molecule has 16 heavy (non-hydrogen) atoms. The maximum absolute atomic E-state index is 9.83. The molecule has 0 aliphatic carbocycles. The molecule has 1 N–H and O–H groups in total. The van der Waals surface area contributed by atoms with Gasteiger partial charge in [0.2, 0.25) is 0 Å². The molecule has 3 rings (SSSR count). The molecule has 0 saturated carbocycles. The van der Waals surface area contributed by atoms with Crippen LogP contribution < -0.4 is 0 Å². The molecule has 84 valence electrons. The average molecular weight is 283 g/mol. The fourth-order valence-electron chi connectivity index (χ4n) is 2.11. The van der Waals surface area contributed by atoms with Gasteiger partial charge in [0.05, 0.1) is 18.0 Å². The minimum absolute atomic E-state index is 0.395. The van der Waals surface area contributed by atoms with E-state index in [1.807, 2.05) is 16.7 Å². The second-order valence-electron chi connectivity index (χ2n) is 3.92. The van der Waals surface area contributed by atoms with Crippen LogP contribution >= 0.6 is 15.9 Å². The normalized spacial score (nSPS) is 19.8. The first-order valence-electron chi connectivity index (χ1n) is 5.25. The van der Waals surface area contributed by atoms with Crippen LogP contribution in [0.25, 0.3) is 11.6 Å². The molecule has 1 aliphatic rings. The maximum atomic E-state index is 9.83. The van der Waals surface area contributed by atoms with Gasteiger partial charge in [0.25, 0.3) is 0 Å². The Labute approximate surface area is 101 Å². The van der Waals surface area contributed by atoms with Crippen LogP contribution in [0.3, 0.4) is 0 Å². The topological polar surface area (TPSA) is 51.2 Å². The summed E-state index contributed by atoms with van der Waals surface area (Å²) in [4.78, 5) is 4.32. The van der Waals surface area contributed by atoms with Gasteiger partial charge in [-0.25, -0.2) is 4.98 Å². The molecule has 0 spiro atoms. The summed E-state index contributed by atoms with van der Waals surface area (Å²) >= 11 is 3.27. The summed E-state index contributed by atoms with van der Waals surface area (Å²) in [6.45, 7) is 0.889. The molecule has 1 atom stereocenters. The van der Waals surface area contributed by atoms with Crippen molar-refractivity contribution in [2.24, 2.45) is 0 Å². The van der Waals surface area contributed by atoms with Gasteiger partial charge in [-0.3, -0.25) is 0 Å². The van der Waals surface area contributed by atoms with Crippen molar-refractivity contribution in [2.75, 3.05) is 0 Å². The van der Waals surface area contributed by atoms with Gasteiger partial charge in [0.15, 0.2) is 16.3 Å². The molecular formula is C11H11BrN2O2. The zero-order valence-electron chi connectivity index (χ0n) is 8.56. The number of imidazole rings is 1. The highest BCUT2D eigenvalue weighted by molar-refractivity contribution is 9.10. The van der Waals surface area contributed by atoms with E-state index < -0.39 is 6.10 Å². The van der Waals surface area contributed by atoms with Crippen LogP contribution in [0.2, 0.25) is 0 Å². The molecule has 4 nitrogen and oxygen atoms in total. The van der Waals surface area contributed by atoms with Gasteiger partial charge in [-0.05, 0) is 40.9 Å². The first kappa shape index (κ1) is 10.1. The molecule has 0 fully saturated rings. The molecule has 1 unspecified atom stereocenters. The number of nitrogens with zero attached hydrogens (tertiary/aromatic N) is 2. The number of fused-ring (bicyclic) bond motifs is 1. The second-order valence-corrected chi connectivity index (χ2v) is 4.70. The van der Waals surface area contributed by atoms with Gasteiger partial charge in [-0.2, -0.15) is 0 Å². The number of hydrogen-bond donors (Lipinski definition) is 1. The summed E-state index contributed by atoms with van der Waals surface area (Å²) in [5.41, 5.74) is 0.883. The van der Waals surface area contributed by atoms with Crippen LogP contribution in [-0.2, 0) is 6.54 Å². The van der Waals surface area contributed by atoms with E-state index >= 15 is 0 Å². The lowest BCUT2D eigenvalue weighted by atomic mass is 10.1. The molecule has 5 heteroatoms. The minimum atomic E-state index is -0.395. The van der Waals surface area contributed by atoms with Crippen LogP contribution in [-0.4, -0.2) is 14.7 Å². The predicted octanol–water partition coefficient (Wildman–Crippen LogP) is 2.73. The number of aliphatic hydroxyl groups excluding tert-OH is 1. The molecule has 3 heterocycles. The van der Waals surface area contributed by atoms with Crippen LogP contribution in [0.15, 0.2) is 27.4 Å². The van der Waals surface area contributed by atoms with Crippen LogP contribution in [0.5, 0.6) is 0 Å². The molecule has 0 radical (unpaired) electrons. The Bertz CT molecular complexity index is 518. The SMILES string of the molecule is OC1CCCn2c1cnc2-c1ccc(Br)o1. The number of halogens is 1. The molecule has 0 amide bonds. The van der Waals surface area contributed by atoms with Crippen LogP contribution in [0, 0.1) is 0 Å². The third-order valence-corrected chi connectivity index (χ3v) is 3.31. The van der Waals surface area contributed by atoms with Crippen molar-refractivity contribution >= 4 is 15.9 Å². The van der Waals surface area contributed by atoms with E-state index in [4.69, 9.17) is 4.42 Å². The Morgan fingerprint density at radius 2 is 2.38 bits per heavy atom. The summed E-state index contributed by atoms with van der Waals surface area (Å²) in [5.74, 6) is 1.52. The molecule has 0 saturated heterocycles. The second kappa shape index (κ2) is 3.75. The quantitative estimate of drug-likeness (QED) is 0.875. The Kier molecular flexibility index (Phi) is 2.37. The highest BCUT2D eigenvalue weighted by atomic mass is 79.9. The monoisotopic (exact) mass is 282 g/mol. The van der Waals surface area contributed by atoms with Crippen molar-refractivity contribution in [3.8, 4) is 11.6 Å². The highest BCUT2D eigenvalue weighted by Crippen LogP contribution is 2.31. The average Bonchev–Trinajstić information content (AvgIpc) is 2.84. The van der Waals surface area contributed by atoms with Crippen molar-refractivity contribution in [1.82, 2.24) is 9.55 Å². The minimum Gasteiger partial charge on any atom is -0.446 e. The molecule has 0 bridgehead atoms. The lowest BCUT2D eigenvalue weighted by molar-refractivity contribution is 0.139. The standard InChI is InChI=1S/C11H11BrN2O2/c12-10-4-3-9(16-10)11-13-6-7-8(15)2-1-5-14(7)11/h3-4,6,8,15H,1-2,5H2. The fourth-order valence-corrected chi connectivity index (χ4v) is 2.42. The Balaban J connectivity index is 2.09. The lowest BCUT2D eigenvalue weighted by Gasteiger charge is -2.20. The van der Waals surface area contributed by atoms with E-state index in [9.17, 15) is 5.11 Å². The number of hydrogen-bond acceptors (Lipinski definition) is 3. The van der Waals surface area contributed by atoms with Crippen LogP contribution in [0.4, 0.5) is 0 Å². The maximum Gasteiger partial charge on any atom is 0.176 e. The van der Waals surface area contributed by atoms with E-state index in [-0.39, 0.29) is 0 Å². The highest BCUT2D eigenvalue weighted by Gasteiger charge is 2.23. The molecule has 2 aromatic rings. The van der Waals surface area contributed by atoms with Gasteiger partial charge in [-0.1, -0.05) is 0 Å². The number of furan rings is 1. The third kappa shape index (κ3) is 1.51. The number of aliphatic hydroxyl groups is 1.